The van der Waals surface area contributed by atoms with Gasteiger partial charge in [0.1, 0.15) is 6.61 Å². The van der Waals surface area contributed by atoms with Crippen molar-refractivity contribution in [2.24, 2.45) is 5.73 Å². The van der Waals surface area contributed by atoms with Gasteiger partial charge in [0.25, 0.3) is 5.91 Å². The lowest BCUT2D eigenvalue weighted by atomic mass is 10.0. The van der Waals surface area contributed by atoms with Gasteiger partial charge in [0, 0.05) is 6.20 Å². The van der Waals surface area contributed by atoms with Crippen LogP contribution in [0.2, 0.25) is 0 Å². The molecule has 0 atom stereocenters. The number of nitrogens with zero attached hydrogens (tertiary/aromatic N) is 1. The molecule has 0 unspecified atom stereocenters. The Morgan fingerprint density at radius 3 is 2.54 bits per heavy atom. The SMILES string of the molecule is CC(C)c1ccc(COc2cccnc2C(=O)NC(=O)CN)cc1. The van der Waals surface area contributed by atoms with Crippen LogP contribution in [0.4, 0.5) is 0 Å². The Bertz CT molecular complexity index is 712. The molecule has 6 heteroatoms. The first-order valence-corrected chi connectivity index (χ1v) is 7.72. The van der Waals surface area contributed by atoms with Crippen LogP contribution in [0.3, 0.4) is 0 Å². The lowest BCUT2D eigenvalue weighted by Crippen LogP contribution is -2.36. The van der Waals surface area contributed by atoms with E-state index in [2.05, 4.69) is 36.3 Å². The van der Waals surface area contributed by atoms with E-state index in [1.54, 1.807) is 12.1 Å². The summed E-state index contributed by atoms with van der Waals surface area (Å²) < 4.78 is 5.69. The highest BCUT2D eigenvalue weighted by Gasteiger charge is 2.16. The van der Waals surface area contributed by atoms with Crippen LogP contribution in [0, 0.1) is 0 Å². The number of benzene rings is 1. The van der Waals surface area contributed by atoms with Gasteiger partial charge in [0.15, 0.2) is 11.4 Å². The van der Waals surface area contributed by atoms with Crippen LogP contribution >= 0.6 is 0 Å². The van der Waals surface area contributed by atoms with Gasteiger partial charge in [-0.25, -0.2) is 4.98 Å². The fourth-order valence-corrected chi connectivity index (χ4v) is 2.07. The van der Waals surface area contributed by atoms with Crippen molar-refractivity contribution in [3.63, 3.8) is 0 Å². The van der Waals surface area contributed by atoms with Crippen molar-refractivity contribution in [3.8, 4) is 5.75 Å². The van der Waals surface area contributed by atoms with Gasteiger partial charge in [-0.2, -0.15) is 0 Å². The summed E-state index contributed by atoms with van der Waals surface area (Å²) in [6.45, 7) is 4.30. The molecule has 0 saturated heterocycles. The van der Waals surface area contributed by atoms with E-state index in [1.807, 2.05) is 12.1 Å². The van der Waals surface area contributed by atoms with E-state index < -0.39 is 11.8 Å². The Hall–Kier alpha value is -2.73. The zero-order chi connectivity index (χ0) is 17.5. The van der Waals surface area contributed by atoms with E-state index in [-0.39, 0.29) is 12.2 Å². The minimum atomic E-state index is -0.629. The Morgan fingerprint density at radius 1 is 1.21 bits per heavy atom. The molecule has 3 N–H and O–H groups in total. The number of nitrogens with one attached hydrogen (secondary N) is 1. The fraction of sp³-hybridized carbons (Fsp3) is 0.278. The number of carbonyl (C=O) groups is 2. The number of aromatic nitrogens is 1. The van der Waals surface area contributed by atoms with Crippen molar-refractivity contribution in [1.82, 2.24) is 10.3 Å². The number of pyridine rings is 1. The largest absolute Gasteiger partial charge is 0.486 e. The van der Waals surface area contributed by atoms with Gasteiger partial charge in [-0.1, -0.05) is 38.1 Å². The van der Waals surface area contributed by atoms with Crippen molar-refractivity contribution >= 4 is 11.8 Å². The van der Waals surface area contributed by atoms with Crippen molar-refractivity contribution in [3.05, 3.63) is 59.4 Å². The Balaban J connectivity index is 2.07. The highest BCUT2D eigenvalue weighted by Crippen LogP contribution is 2.19. The van der Waals surface area contributed by atoms with Crippen LogP contribution in [0.15, 0.2) is 42.6 Å². The number of carbonyl (C=O) groups excluding carboxylic acids is 2. The van der Waals surface area contributed by atoms with E-state index in [9.17, 15) is 9.59 Å². The molecule has 0 aliphatic carbocycles. The van der Waals surface area contributed by atoms with Gasteiger partial charge in [0.2, 0.25) is 5.91 Å². The molecule has 1 aromatic heterocycles. The highest BCUT2D eigenvalue weighted by atomic mass is 16.5. The van der Waals surface area contributed by atoms with E-state index in [4.69, 9.17) is 10.5 Å². The Kier molecular flexibility index (Phi) is 6.03. The summed E-state index contributed by atoms with van der Waals surface area (Å²) in [6.07, 6.45) is 1.46. The van der Waals surface area contributed by atoms with Crippen LogP contribution < -0.4 is 15.8 Å². The molecule has 0 aliphatic heterocycles. The molecule has 2 aromatic rings. The number of imide groups is 1. The summed E-state index contributed by atoms with van der Waals surface area (Å²) >= 11 is 0. The van der Waals surface area contributed by atoms with Crippen molar-refractivity contribution in [1.29, 1.82) is 0 Å². The maximum Gasteiger partial charge on any atom is 0.280 e. The fourth-order valence-electron chi connectivity index (χ4n) is 2.07. The predicted molar refractivity (Wildman–Crippen MR) is 90.6 cm³/mol. The number of hydrogen-bond acceptors (Lipinski definition) is 5. The number of hydrogen-bond donors (Lipinski definition) is 2. The second-order valence-corrected chi connectivity index (χ2v) is 5.62. The highest BCUT2D eigenvalue weighted by molar-refractivity contribution is 6.05. The molecular weight excluding hydrogens is 306 g/mol. The van der Waals surface area contributed by atoms with Gasteiger partial charge in [0.05, 0.1) is 6.54 Å². The van der Waals surface area contributed by atoms with Crippen LogP contribution in [-0.2, 0) is 11.4 Å². The second kappa shape index (κ2) is 8.21. The predicted octanol–water partition coefficient (Wildman–Crippen LogP) is 2.00. The molecule has 0 fully saturated rings. The Labute approximate surface area is 141 Å². The summed E-state index contributed by atoms with van der Waals surface area (Å²) in [4.78, 5) is 27.3. The summed E-state index contributed by atoms with van der Waals surface area (Å²) in [5.41, 5.74) is 7.47. The topological polar surface area (TPSA) is 94.3 Å². The normalized spacial score (nSPS) is 10.5. The smallest absolute Gasteiger partial charge is 0.280 e. The molecule has 0 saturated carbocycles. The lowest BCUT2D eigenvalue weighted by molar-refractivity contribution is -0.118. The molecule has 6 nitrogen and oxygen atoms in total. The first-order valence-electron chi connectivity index (χ1n) is 7.72. The van der Waals surface area contributed by atoms with Gasteiger partial charge < -0.3 is 10.5 Å². The maximum absolute atomic E-state index is 12.0. The molecule has 1 aromatic carbocycles. The van der Waals surface area contributed by atoms with Crippen molar-refractivity contribution in [2.45, 2.75) is 26.4 Å². The maximum atomic E-state index is 12.0. The van der Waals surface area contributed by atoms with Crippen LogP contribution in [0.1, 0.15) is 41.4 Å². The van der Waals surface area contributed by atoms with E-state index >= 15 is 0 Å². The first-order chi connectivity index (χ1) is 11.5. The van der Waals surface area contributed by atoms with Gasteiger partial charge in [-0.15, -0.1) is 0 Å². The van der Waals surface area contributed by atoms with E-state index in [1.165, 1.54) is 11.8 Å². The summed E-state index contributed by atoms with van der Waals surface area (Å²) in [6, 6.07) is 11.4. The van der Waals surface area contributed by atoms with E-state index in [0.29, 0.717) is 18.3 Å². The molecule has 0 radical (unpaired) electrons. The summed E-state index contributed by atoms with van der Waals surface area (Å²) in [5.74, 6) is -0.418. The molecule has 0 aliphatic rings. The third-order valence-corrected chi connectivity index (χ3v) is 3.46. The molecule has 1 heterocycles. The monoisotopic (exact) mass is 327 g/mol. The molecule has 0 bridgehead atoms. The van der Waals surface area contributed by atoms with Gasteiger partial charge in [-0.3, -0.25) is 14.9 Å². The lowest BCUT2D eigenvalue weighted by Gasteiger charge is -2.11. The standard InChI is InChI=1S/C18H21N3O3/c1-12(2)14-7-5-13(6-8-14)11-24-15-4-3-9-20-17(15)18(23)21-16(22)10-19/h3-9,12H,10-11,19H2,1-2H3,(H,21,22,23). The first kappa shape index (κ1) is 17.6. The second-order valence-electron chi connectivity index (χ2n) is 5.62. The third kappa shape index (κ3) is 4.63. The zero-order valence-electron chi connectivity index (χ0n) is 13.8. The Morgan fingerprint density at radius 2 is 1.92 bits per heavy atom. The molecule has 126 valence electrons. The number of rotatable bonds is 6. The van der Waals surface area contributed by atoms with Crippen molar-refractivity contribution in [2.75, 3.05) is 6.54 Å². The molecule has 2 amide bonds. The van der Waals surface area contributed by atoms with Crippen molar-refractivity contribution < 1.29 is 14.3 Å². The average Bonchev–Trinajstić information content (AvgIpc) is 2.60. The zero-order valence-corrected chi connectivity index (χ0v) is 13.8. The van der Waals surface area contributed by atoms with Crippen LogP contribution in [0.5, 0.6) is 5.75 Å². The van der Waals surface area contributed by atoms with Crippen LogP contribution in [-0.4, -0.2) is 23.3 Å². The summed E-state index contributed by atoms with van der Waals surface area (Å²) in [7, 11) is 0. The summed E-state index contributed by atoms with van der Waals surface area (Å²) in [5, 5.41) is 2.16. The minimum Gasteiger partial charge on any atom is -0.486 e. The van der Waals surface area contributed by atoms with Gasteiger partial charge >= 0.3 is 0 Å². The number of nitrogens with two attached hydrogens (primary N) is 1. The molecular formula is C18H21N3O3. The van der Waals surface area contributed by atoms with Gasteiger partial charge in [-0.05, 0) is 29.2 Å². The average molecular weight is 327 g/mol. The quantitative estimate of drug-likeness (QED) is 0.846. The van der Waals surface area contributed by atoms with E-state index in [0.717, 1.165) is 5.56 Å². The number of ether oxygens (including phenoxy) is 1. The molecule has 0 spiro atoms. The molecule has 24 heavy (non-hydrogen) atoms. The van der Waals surface area contributed by atoms with Crippen LogP contribution in [0.25, 0.3) is 0 Å². The number of amides is 2. The molecule has 2 rings (SSSR count). The third-order valence-electron chi connectivity index (χ3n) is 3.46. The minimum absolute atomic E-state index is 0.0538.